The van der Waals surface area contributed by atoms with E-state index in [2.05, 4.69) is 5.32 Å². The van der Waals surface area contributed by atoms with E-state index >= 15 is 0 Å². The van der Waals surface area contributed by atoms with Crippen LogP contribution in [0.25, 0.3) is 0 Å². The highest BCUT2D eigenvalue weighted by atomic mass is 32.2. The minimum Gasteiger partial charge on any atom is -0.468 e. The SMILES string of the molecule is CCSCCOC(=O)C1=C(C)NC2=C(C(=O)[C@H](C(=O)OC)[C@@H](C)C2)[C@@H]1c1ccc(OC(C)=O)cc1. The molecule has 0 amide bonds. The molecule has 9 heteroatoms. The summed E-state index contributed by atoms with van der Waals surface area (Å²) in [4.78, 5) is 50.8. The van der Waals surface area contributed by atoms with Gasteiger partial charge in [0, 0.05) is 35.6 Å². The van der Waals surface area contributed by atoms with E-state index < -0.39 is 29.7 Å². The van der Waals surface area contributed by atoms with E-state index in [0.29, 0.717) is 46.0 Å². The first-order valence-corrected chi connectivity index (χ1v) is 12.7. The number of allylic oxidation sites excluding steroid dienone is 3. The van der Waals surface area contributed by atoms with Gasteiger partial charge in [-0.1, -0.05) is 26.0 Å². The summed E-state index contributed by atoms with van der Waals surface area (Å²) < 4.78 is 15.6. The van der Waals surface area contributed by atoms with Gasteiger partial charge in [-0.3, -0.25) is 14.4 Å². The average Bonchev–Trinajstić information content (AvgIpc) is 2.80. The second kappa shape index (κ2) is 11.6. The Kier molecular flexibility index (Phi) is 8.77. The van der Waals surface area contributed by atoms with Crippen LogP contribution in [0.1, 0.15) is 45.6 Å². The van der Waals surface area contributed by atoms with E-state index in [1.807, 2.05) is 13.8 Å². The topological polar surface area (TPSA) is 108 Å². The van der Waals surface area contributed by atoms with E-state index in [-0.39, 0.29) is 18.3 Å². The fourth-order valence-corrected chi connectivity index (χ4v) is 5.08. The molecule has 0 fully saturated rings. The van der Waals surface area contributed by atoms with Gasteiger partial charge in [-0.15, -0.1) is 0 Å². The van der Waals surface area contributed by atoms with Crippen LogP contribution < -0.4 is 10.1 Å². The van der Waals surface area contributed by atoms with Crippen molar-refractivity contribution in [2.24, 2.45) is 11.8 Å². The number of carbonyl (C=O) groups is 4. The van der Waals surface area contributed by atoms with Gasteiger partial charge in [0.25, 0.3) is 0 Å². The molecule has 0 aromatic heterocycles. The molecule has 0 unspecified atom stereocenters. The smallest absolute Gasteiger partial charge is 0.336 e. The number of thioether (sulfide) groups is 1. The normalized spacial score (nSPS) is 21.7. The molecule has 0 bridgehead atoms. The van der Waals surface area contributed by atoms with Crippen molar-refractivity contribution >= 4 is 35.5 Å². The van der Waals surface area contributed by atoms with Gasteiger partial charge in [-0.05, 0) is 42.7 Å². The van der Waals surface area contributed by atoms with Crippen LogP contribution in [-0.2, 0) is 28.7 Å². The van der Waals surface area contributed by atoms with E-state index in [1.54, 1.807) is 43.0 Å². The minimum atomic E-state index is -0.958. The molecule has 3 atom stereocenters. The maximum atomic E-state index is 13.7. The summed E-state index contributed by atoms with van der Waals surface area (Å²) in [5.41, 5.74) is 2.61. The highest BCUT2D eigenvalue weighted by Crippen LogP contribution is 2.45. The zero-order valence-electron chi connectivity index (χ0n) is 20.6. The Morgan fingerprint density at radius 3 is 2.46 bits per heavy atom. The van der Waals surface area contributed by atoms with Crippen molar-refractivity contribution in [3.8, 4) is 5.75 Å². The third kappa shape index (κ3) is 5.78. The van der Waals surface area contributed by atoms with Gasteiger partial charge in [0.05, 0.1) is 12.7 Å². The number of hydrogen-bond acceptors (Lipinski definition) is 9. The monoisotopic (exact) mass is 501 g/mol. The molecule has 3 rings (SSSR count). The van der Waals surface area contributed by atoms with Gasteiger partial charge in [0.2, 0.25) is 0 Å². The Hall–Kier alpha value is -3.07. The number of ether oxygens (including phenoxy) is 3. The molecule has 0 radical (unpaired) electrons. The number of hydrogen-bond donors (Lipinski definition) is 1. The second-order valence-electron chi connectivity index (χ2n) is 8.53. The van der Waals surface area contributed by atoms with Crippen LogP contribution in [0.2, 0.25) is 0 Å². The summed E-state index contributed by atoms with van der Waals surface area (Å²) >= 11 is 1.66. The summed E-state index contributed by atoms with van der Waals surface area (Å²) in [6.45, 7) is 7.20. The lowest BCUT2D eigenvalue weighted by Crippen LogP contribution is -2.43. The summed E-state index contributed by atoms with van der Waals surface area (Å²) in [6.07, 6.45) is 0.454. The van der Waals surface area contributed by atoms with Crippen molar-refractivity contribution < 1.29 is 33.4 Å². The molecule has 188 valence electrons. The van der Waals surface area contributed by atoms with Gasteiger partial charge < -0.3 is 19.5 Å². The predicted molar refractivity (Wildman–Crippen MR) is 132 cm³/mol. The molecular formula is C26H31NO7S. The molecule has 1 N–H and O–H groups in total. The van der Waals surface area contributed by atoms with Gasteiger partial charge >= 0.3 is 17.9 Å². The molecule has 1 heterocycles. The molecular weight excluding hydrogens is 470 g/mol. The van der Waals surface area contributed by atoms with Crippen LogP contribution in [0.15, 0.2) is 46.8 Å². The van der Waals surface area contributed by atoms with Crippen molar-refractivity contribution in [3.05, 3.63) is 52.4 Å². The van der Waals surface area contributed by atoms with Crippen LogP contribution in [0.4, 0.5) is 0 Å². The van der Waals surface area contributed by atoms with Crippen molar-refractivity contribution in [1.29, 1.82) is 0 Å². The third-order valence-corrected chi connectivity index (χ3v) is 6.97. The highest BCUT2D eigenvalue weighted by Gasteiger charge is 2.47. The molecule has 1 aromatic rings. The average molecular weight is 502 g/mol. The molecule has 8 nitrogen and oxygen atoms in total. The number of ketones is 1. The first kappa shape index (κ1) is 26.5. The minimum absolute atomic E-state index is 0.244. The number of esters is 3. The van der Waals surface area contributed by atoms with Gasteiger partial charge in [-0.25, -0.2) is 4.79 Å². The highest BCUT2D eigenvalue weighted by molar-refractivity contribution is 7.99. The predicted octanol–water partition coefficient (Wildman–Crippen LogP) is 3.52. The molecule has 0 saturated heterocycles. The fraction of sp³-hybridized carbons (Fsp3) is 0.462. The summed E-state index contributed by atoms with van der Waals surface area (Å²) in [5.74, 6) is -1.97. The quantitative estimate of drug-likeness (QED) is 0.248. The summed E-state index contributed by atoms with van der Waals surface area (Å²) in [5, 5.41) is 3.24. The van der Waals surface area contributed by atoms with Crippen LogP contribution in [0.3, 0.4) is 0 Å². The summed E-state index contributed by atoms with van der Waals surface area (Å²) in [6, 6.07) is 6.65. The lowest BCUT2D eigenvalue weighted by molar-refractivity contribution is -0.151. The molecule has 2 aliphatic rings. The van der Waals surface area contributed by atoms with Crippen molar-refractivity contribution in [3.63, 3.8) is 0 Å². The second-order valence-corrected chi connectivity index (χ2v) is 9.92. The summed E-state index contributed by atoms with van der Waals surface area (Å²) in [7, 11) is 1.26. The lowest BCUT2D eigenvalue weighted by Gasteiger charge is -2.38. The van der Waals surface area contributed by atoms with Crippen molar-refractivity contribution in [2.45, 2.75) is 40.0 Å². The fourth-order valence-electron chi connectivity index (χ4n) is 4.59. The maximum absolute atomic E-state index is 13.7. The maximum Gasteiger partial charge on any atom is 0.336 e. The first-order valence-electron chi connectivity index (χ1n) is 11.6. The molecule has 0 saturated carbocycles. The molecule has 1 aliphatic carbocycles. The van der Waals surface area contributed by atoms with Gasteiger partial charge in [-0.2, -0.15) is 11.8 Å². The zero-order chi connectivity index (χ0) is 25.7. The van der Waals surface area contributed by atoms with E-state index in [4.69, 9.17) is 14.2 Å². The number of rotatable bonds is 8. The molecule has 1 aliphatic heterocycles. The van der Waals surface area contributed by atoms with Crippen molar-refractivity contribution in [2.75, 3.05) is 25.2 Å². The Morgan fingerprint density at radius 2 is 1.86 bits per heavy atom. The van der Waals surface area contributed by atoms with Crippen LogP contribution in [0, 0.1) is 11.8 Å². The van der Waals surface area contributed by atoms with Crippen LogP contribution >= 0.6 is 11.8 Å². The first-order chi connectivity index (χ1) is 16.7. The molecule has 0 spiro atoms. The lowest BCUT2D eigenvalue weighted by atomic mass is 9.69. The van der Waals surface area contributed by atoms with E-state index in [1.165, 1.54) is 14.0 Å². The van der Waals surface area contributed by atoms with E-state index in [0.717, 1.165) is 5.75 Å². The molecule has 35 heavy (non-hydrogen) atoms. The largest absolute Gasteiger partial charge is 0.468 e. The van der Waals surface area contributed by atoms with E-state index in [9.17, 15) is 19.2 Å². The number of nitrogens with one attached hydrogen (secondary N) is 1. The zero-order valence-corrected chi connectivity index (χ0v) is 21.5. The number of carbonyl (C=O) groups excluding carboxylic acids is 4. The van der Waals surface area contributed by atoms with Gasteiger partial charge in [0.1, 0.15) is 18.3 Å². The number of methoxy groups -OCH3 is 1. The Bertz CT molecular complexity index is 1070. The number of dihydropyridines is 1. The van der Waals surface area contributed by atoms with Crippen molar-refractivity contribution in [1.82, 2.24) is 5.32 Å². The Labute approximate surface area is 209 Å². The Morgan fingerprint density at radius 1 is 1.17 bits per heavy atom. The standard InChI is InChI=1S/C26H31NO7S/c1-6-35-12-11-33-26(31)21-15(3)27-19-13-14(2)20(25(30)32-5)24(29)23(19)22(21)17-7-9-18(10-8-17)34-16(4)28/h7-10,14,20,22,27H,6,11-13H2,1-5H3/t14-,20+,22+/m0/s1. The number of benzene rings is 1. The molecule has 1 aromatic carbocycles. The van der Waals surface area contributed by atoms with Gasteiger partial charge in [0.15, 0.2) is 5.78 Å². The Balaban J connectivity index is 2.06. The van der Waals surface area contributed by atoms with Crippen LogP contribution in [0.5, 0.6) is 5.75 Å². The number of Topliss-reactive ketones (excluding diaryl/α,β-unsaturated/α-hetero) is 1. The third-order valence-electron chi connectivity index (χ3n) is 6.10. The van der Waals surface area contributed by atoms with Crippen LogP contribution in [-0.4, -0.2) is 48.9 Å².